The van der Waals surface area contributed by atoms with Crippen LogP contribution in [0.4, 0.5) is 0 Å². The second-order valence-corrected chi connectivity index (χ2v) is 7.05. The van der Waals surface area contributed by atoms with Gasteiger partial charge >= 0.3 is 0 Å². The lowest BCUT2D eigenvalue weighted by Crippen LogP contribution is -2.38. The first-order valence-electron chi connectivity index (χ1n) is 8.79. The average Bonchev–Trinajstić information content (AvgIpc) is 2.61. The van der Waals surface area contributed by atoms with Gasteiger partial charge in [-0.25, -0.2) is 0 Å². The van der Waals surface area contributed by atoms with Crippen molar-refractivity contribution in [1.82, 2.24) is 5.32 Å². The van der Waals surface area contributed by atoms with Gasteiger partial charge in [0.25, 0.3) is 0 Å². The molecule has 3 nitrogen and oxygen atoms in total. The molecule has 2 aromatic rings. The first-order valence-corrected chi connectivity index (χ1v) is 8.79. The van der Waals surface area contributed by atoms with Crippen molar-refractivity contribution in [2.45, 2.75) is 38.0 Å². The number of ketones is 1. The van der Waals surface area contributed by atoms with Gasteiger partial charge in [-0.3, -0.25) is 9.59 Å². The largest absolute Gasteiger partial charge is 0.329 e. The molecule has 0 aromatic heterocycles. The number of amides is 1. The van der Waals surface area contributed by atoms with Crippen molar-refractivity contribution in [2.24, 2.45) is 0 Å². The van der Waals surface area contributed by atoms with Gasteiger partial charge < -0.3 is 5.32 Å². The van der Waals surface area contributed by atoms with Crippen molar-refractivity contribution < 1.29 is 9.59 Å². The number of hydrogen-bond acceptors (Lipinski definition) is 2. The van der Waals surface area contributed by atoms with Gasteiger partial charge in [0.15, 0.2) is 5.78 Å². The summed E-state index contributed by atoms with van der Waals surface area (Å²) < 4.78 is 0. The summed E-state index contributed by atoms with van der Waals surface area (Å²) in [6.07, 6.45) is 1.59. The molecule has 1 N–H and O–H groups in total. The van der Waals surface area contributed by atoms with Crippen LogP contribution in [0.15, 0.2) is 65.9 Å². The molecule has 1 aliphatic carbocycles. The van der Waals surface area contributed by atoms with Crippen LogP contribution in [0.3, 0.4) is 0 Å². The monoisotopic (exact) mass is 331 g/mol. The lowest BCUT2D eigenvalue weighted by atomic mass is 9.73. The van der Waals surface area contributed by atoms with E-state index in [1.165, 1.54) is 0 Å². The zero-order chi connectivity index (χ0) is 17.4. The molecule has 126 valence electrons. The number of rotatable bonds is 2. The second-order valence-electron chi connectivity index (χ2n) is 7.05. The van der Waals surface area contributed by atoms with Crippen LogP contribution in [0.2, 0.25) is 0 Å². The van der Waals surface area contributed by atoms with Crippen LogP contribution in [0.25, 0.3) is 0 Å². The van der Waals surface area contributed by atoms with Crippen LogP contribution < -0.4 is 5.32 Å². The summed E-state index contributed by atoms with van der Waals surface area (Å²) in [7, 11) is 0. The molecule has 2 unspecified atom stereocenters. The number of benzene rings is 2. The van der Waals surface area contributed by atoms with E-state index in [0.717, 1.165) is 34.4 Å². The third-order valence-corrected chi connectivity index (χ3v) is 5.25. The van der Waals surface area contributed by atoms with Gasteiger partial charge in [-0.1, -0.05) is 60.2 Å². The minimum Gasteiger partial charge on any atom is -0.329 e. The quantitative estimate of drug-likeness (QED) is 0.904. The van der Waals surface area contributed by atoms with E-state index in [4.69, 9.17) is 0 Å². The Morgan fingerprint density at radius 3 is 2.40 bits per heavy atom. The number of aryl methyl sites for hydroxylation is 1. The third-order valence-electron chi connectivity index (χ3n) is 5.25. The maximum atomic E-state index is 13.0. The van der Waals surface area contributed by atoms with Crippen LogP contribution in [-0.4, -0.2) is 11.7 Å². The predicted molar refractivity (Wildman–Crippen MR) is 97.1 cm³/mol. The second kappa shape index (κ2) is 6.32. The summed E-state index contributed by atoms with van der Waals surface area (Å²) in [4.78, 5) is 25.3. The van der Waals surface area contributed by atoms with Crippen LogP contribution in [0.5, 0.6) is 0 Å². The fourth-order valence-corrected chi connectivity index (χ4v) is 4.09. The van der Waals surface area contributed by atoms with Crippen LogP contribution in [-0.2, 0) is 9.59 Å². The van der Waals surface area contributed by atoms with E-state index in [9.17, 15) is 9.59 Å². The lowest BCUT2D eigenvalue weighted by molar-refractivity contribution is -0.122. The van der Waals surface area contributed by atoms with E-state index in [1.807, 2.05) is 43.3 Å². The number of carbonyl (C=O) groups excluding carboxylic acids is 2. The Kier molecular flexibility index (Phi) is 4.00. The Morgan fingerprint density at radius 2 is 1.64 bits per heavy atom. The molecule has 0 bridgehead atoms. The summed E-state index contributed by atoms with van der Waals surface area (Å²) in [5.41, 5.74) is 5.02. The van der Waals surface area contributed by atoms with E-state index in [-0.39, 0.29) is 23.5 Å². The smallest absolute Gasteiger partial charge is 0.225 e. The van der Waals surface area contributed by atoms with Crippen molar-refractivity contribution in [1.29, 1.82) is 0 Å². The fraction of sp³-hybridized carbons (Fsp3) is 0.273. The summed E-state index contributed by atoms with van der Waals surface area (Å²) >= 11 is 0. The molecule has 1 amide bonds. The SMILES string of the molecule is Cc1cccc(C2CC(=O)NC3=C2C(=O)CC(c2ccccc2)C3)c1. The van der Waals surface area contributed by atoms with E-state index in [0.29, 0.717) is 12.8 Å². The highest BCUT2D eigenvalue weighted by Gasteiger charge is 2.38. The van der Waals surface area contributed by atoms with E-state index >= 15 is 0 Å². The molecule has 0 radical (unpaired) electrons. The Balaban J connectivity index is 1.73. The summed E-state index contributed by atoms with van der Waals surface area (Å²) in [5, 5.41) is 2.98. The molecule has 2 aromatic carbocycles. The van der Waals surface area contributed by atoms with Crippen molar-refractivity contribution in [3.63, 3.8) is 0 Å². The maximum Gasteiger partial charge on any atom is 0.225 e. The number of nitrogens with one attached hydrogen (secondary N) is 1. The van der Waals surface area contributed by atoms with Gasteiger partial charge in [0, 0.05) is 30.0 Å². The number of Topliss-reactive ketones (excluding diaryl/α,β-unsaturated/α-hetero) is 1. The molecule has 1 heterocycles. The zero-order valence-corrected chi connectivity index (χ0v) is 14.3. The van der Waals surface area contributed by atoms with Crippen LogP contribution in [0, 0.1) is 6.92 Å². The molecule has 2 aliphatic rings. The third kappa shape index (κ3) is 3.02. The average molecular weight is 331 g/mol. The molecule has 1 aliphatic heterocycles. The van der Waals surface area contributed by atoms with E-state index < -0.39 is 0 Å². The van der Waals surface area contributed by atoms with Crippen LogP contribution in [0.1, 0.15) is 47.8 Å². The molecule has 0 saturated carbocycles. The summed E-state index contributed by atoms with van der Waals surface area (Å²) in [6.45, 7) is 2.04. The lowest BCUT2D eigenvalue weighted by Gasteiger charge is -2.34. The highest BCUT2D eigenvalue weighted by molar-refractivity contribution is 6.02. The minimum absolute atomic E-state index is 0.00627. The molecule has 3 heteroatoms. The van der Waals surface area contributed by atoms with Crippen LogP contribution >= 0.6 is 0 Å². The topological polar surface area (TPSA) is 46.2 Å². The molecule has 25 heavy (non-hydrogen) atoms. The molecule has 4 rings (SSSR count). The predicted octanol–water partition coefficient (Wildman–Crippen LogP) is 4.00. The molecule has 2 atom stereocenters. The number of allylic oxidation sites excluding steroid dienone is 2. The maximum absolute atomic E-state index is 13.0. The van der Waals surface area contributed by atoms with Gasteiger partial charge in [0.05, 0.1) is 0 Å². The highest BCUT2D eigenvalue weighted by Crippen LogP contribution is 2.42. The van der Waals surface area contributed by atoms with Gasteiger partial charge in [-0.05, 0) is 30.4 Å². The zero-order valence-electron chi connectivity index (χ0n) is 14.3. The Labute approximate surface area is 147 Å². The highest BCUT2D eigenvalue weighted by atomic mass is 16.2. The Bertz CT molecular complexity index is 867. The van der Waals surface area contributed by atoms with E-state index in [2.05, 4.69) is 23.5 Å². The van der Waals surface area contributed by atoms with Gasteiger partial charge in [0.2, 0.25) is 5.91 Å². The first kappa shape index (κ1) is 15.8. The van der Waals surface area contributed by atoms with Crippen molar-refractivity contribution in [2.75, 3.05) is 0 Å². The Hall–Kier alpha value is -2.68. The van der Waals surface area contributed by atoms with E-state index in [1.54, 1.807) is 0 Å². The summed E-state index contributed by atoms with van der Waals surface area (Å²) in [6, 6.07) is 18.2. The molecule has 0 saturated heterocycles. The van der Waals surface area contributed by atoms with Crippen molar-refractivity contribution in [3.05, 3.63) is 82.6 Å². The Morgan fingerprint density at radius 1 is 0.880 bits per heavy atom. The molecular formula is C22H21NO2. The fourth-order valence-electron chi connectivity index (χ4n) is 4.09. The van der Waals surface area contributed by atoms with Gasteiger partial charge in [-0.15, -0.1) is 0 Å². The first-order chi connectivity index (χ1) is 12.1. The van der Waals surface area contributed by atoms with Gasteiger partial charge in [0.1, 0.15) is 0 Å². The van der Waals surface area contributed by atoms with Gasteiger partial charge in [-0.2, -0.15) is 0 Å². The minimum atomic E-state index is -0.118. The number of carbonyl (C=O) groups is 2. The summed E-state index contributed by atoms with van der Waals surface area (Å²) in [5.74, 6) is 0.199. The molecule has 0 fully saturated rings. The van der Waals surface area contributed by atoms with Crippen molar-refractivity contribution >= 4 is 11.7 Å². The number of hydrogen-bond donors (Lipinski definition) is 1. The molecular weight excluding hydrogens is 310 g/mol. The standard InChI is InChI=1S/C22H21NO2/c1-14-6-5-9-16(10-14)18-13-21(25)23-19-11-17(12-20(24)22(18)19)15-7-3-2-4-8-15/h2-10,17-18H,11-13H2,1H3,(H,23,25). The normalized spacial score (nSPS) is 23.2. The van der Waals surface area contributed by atoms with Crippen molar-refractivity contribution in [3.8, 4) is 0 Å². The molecule has 0 spiro atoms.